The Hall–Kier alpha value is -3.56. The Labute approximate surface area is 175 Å². The predicted octanol–water partition coefficient (Wildman–Crippen LogP) is 3.88. The summed E-state index contributed by atoms with van der Waals surface area (Å²) in [7, 11) is 1.07. The van der Waals surface area contributed by atoms with Crippen molar-refractivity contribution in [3.05, 3.63) is 42.5 Å². The summed E-state index contributed by atoms with van der Waals surface area (Å²) < 4.78 is 45.6. The smallest absolute Gasteiger partial charge is 0.462 e. The molecular formula is C21H19F3N2O5. The lowest BCUT2D eigenvalue weighted by atomic mass is 10.00. The Balaban J connectivity index is 1.99. The van der Waals surface area contributed by atoms with E-state index in [1.54, 1.807) is 11.0 Å². The van der Waals surface area contributed by atoms with Crippen LogP contribution in [0.1, 0.15) is 19.3 Å². The van der Waals surface area contributed by atoms with Gasteiger partial charge in [0.15, 0.2) is 0 Å². The molecular weight excluding hydrogens is 417 g/mol. The van der Waals surface area contributed by atoms with E-state index in [-0.39, 0.29) is 17.3 Å². The van der Waals surface area contributed by atoms with Gasteiger partial charge in [-0.2, -0.15) is 0 Å². The fourth-order valence-electron chi connectivity index (χ4n) is 3.25. The van der Waals surface area contributed by atoms with Gasteiger partial charge in [0.1, 0.15) is 5.75 Å². The van der Waals surface area contributed by atoms with Gasteiger partial charge >= 0.3 is 18.2 Å². The lowest BCUT2D eigenvalue weighted by molar-refractivity contribution is -0.274. The van der Waals surface area contributed by atoms with Crippen LogP contribution in [0.4, 0.5) is 24.5 Å². The van der Waals surface area contributed by atoms with Crippen LogP contribution in [0, 0.1) is 0 Å². The first-order valence-corrected chi connectivity index (χ1v) is 9.38. The number of carbonyl (C=O) groups excluding carboxylic acids is 3. The Morgan fingerprint density at radius 2 is 1.77 bits per heavy atom. The first kappa shape index (κ1) is 22.1. The molecule has 7 nitrogen and oxygen atoms in total. The monoisotopic (exact) mass is 436 g/mol. The number of ether oxygens (including phenoxy) is 2. The molecule has 2 aromatic rings. The Bertz CT molecular complexity index is 989. The van der Waals surface area contributed by atoms with E-state index >= 15 is 0 Å². The summed E-state index contributed by atoms with van der Waals surface area (Å²) in [6.45, 7) is 0.495. The number of hydrogen-bond donors (Lipinski definition) is 1. The van der Waals surface area contributed by atoms with Crippen LogP contribution in [0.25, 0.3) is 11.1 Å². The zero-order valence-corrected chi connectivity index (χ0v) is 16.5. The highest BCUT2D eigenvalue weighted by Gasteiger charge is 2.31. The summed E-state index contributed by atoms with van der Waals surface area (Å²) >= 11 is 0. The largest absolute Gasteiger partial charge is 0.573 e. The van der Waals surface area contributed by atoms with E-state index in [0.717, 1.165) is 32.1 Å². The van der Waals surface area contributed by atoms with E-state index < -0.39 is 18.2 Å². The Kier molecular flexibility index (Phi) is 6.47. The van der Waals surface area contributed by atoms with Crippen molar-refractivity contribution < 1.29 is 37.0 Å². The molecule has 2 aromatic carbocycles. The maximum atomic E-state index is 12.4. The minimum absolute atomic E-state index is 0.0733. The molecule has 31 heavy (non-hydrogen) atoms. The van der Waals surface area contributed by atoms with Gasteiger partial charge in [-0.3, -0.25) is 9.59 Å². The second-order valence-electron chi connectivity index (χ2n) is 6.75. The van der Waals surface area contributed by atoms with Gasteiger partial charge in [0.25, 0.3) is 0 Å². The SMILES string of the molecule is COC(=O)C(=O)Nc1ccc(N2CCCCC2=O)c(-c2ccc(OC(F)(F)F)cc2)c1. The van der Waals surface area contributed by atoms with Crippen molar-refractivity contribution in [1.82, 2.24) is 0 Å². The highest BCUT2D eigenvalue weighted by molar-refractivity contribution is 6.37. The second-order valence-corrected chi connectivity index (χ2v) is 6.75. The number of amides is 2. The topological polar surface area (TPSA) is 84.9 Å². The van der Waals surface area contributed by atoms with Crippen molar-refractivity contribution in [1.29, 1.82) is 0 Å². The molecule has 2 amide bonds. The average molecular weight is 436 g/mol. The van der Waals surface area contributed by atoms with Crippen LogP contribution in [0.3, 0.4) is 0 Å². The van der Waals surface area contributed by atoms with Gasteiger partial charge in [0.2, 0.25) is 5.91 Å². The lowest BCUT2D eigenvalue weighted by Gasteiger charge is -2.29. The van der Waals surface area contributed by atoms with Crippen LogP contribution in [0.15, 0.2) is 42.5 Å². The van der Waals surface area contributed by atoms with Crippen LogP contribution in [-0.2, 0) is 19.1 Å². The lowest BCUT2D eigenvalue weighted by Crippen LogP contribution is -2.35. The number of nitrogens with zero attached hydrogens (tertiary/aromatic N) is 1. The molecule has 3 rings (SSSR count). The normalized spacial score (nSPS) is 14.2. The number of esters is 1. The third-order valence-corrected chi connectivity index (χ3v) is 4.64. The number of halogens is 3. The summed E-state index contributed by atoms with van der Waals surface area (Å²) in [6.07, 6.45) is -2.84. The van der Waals surface area contributed by atoms with Crippen LogP contribution in [0.2, 0.25) is 0 Å². The van der Waals surface area contributed by atoms with E-state index in [1.807, 2.05) is 0 Å². The molecule has 10 heteroatoms. The number of benzene rings is 2. The van der Waals surface area contributed by atoms with E-state index in [1.165, 1.54) is 24.3 Å². The molecule has 1 heterocycles. The average Bonchev–Trinajstić information content (AvgIpc) is 2.73. The van der Waals surface area contributed by atoms with Crippen molar-refractivity contribution in [3.8, 4) is 16.9 Å². The molecule has 1 fully saturated rings. The molecule has 1 saturated heterocycles. The van der Waals surface area contributed by atoms with Gasteiger partial charge in [-0.15, -0.1) is 13.2 Å². The number of methoxy groups -OCH3 is 1. The fraction of sp³-hybridized carbons (Fsp3) is 0.286. The van der Waals surface area contributed by atoms with Gasteiger partial charge in [0.05, 0.1) is 12.8 Å². The number of rotatable bonds is 4. The summed E-state index contributed by atoms with van der Waals surface area (Å²) in [5.41, 5.74) is 1.80. The van der Waals surface area contributed by atoms with E-state index in [9.17, 15) is 27.6 Å². The van der Waals surface area contributed by atoms with Gasteiger partial charge in [-0.25, -0.2) is 4.79 Å². The fourth-order valence-corrected chi connectivity index (χ4v) is 3.25. The number of hydrogen-bond acceptors (Lipinski definition) is 5. The van der Waals surface area contributed by atoms with Crippen LogP contribution < -0.4 is 15.0 Å². The first-order valence-electron chi connectivity index (χ1n) is 9.38. The summed E-state index contributed by atoms with van der Waals surface area (Å²) in [4.78, 5) is 37.3. The summed E-state index contributed by atoms with van der Waals surface area (Å²) in [6, 6.07) is 9.83. The standard InChI is InChI=1S/C21H19F3N2O5/c1-30-20(29)19(28)25-14-7-10-17(26-11-3-2-4-18(26)27)16(12-14)13-5-8-15(9-6-13)31-21(22,23)24/h5-10,12H,2-4,11H2,1H3,(H,25,28). The molecule has 0 unspecified atom stereocenters. The molecule has 1 N–H and O–H groups in total. The maximum absolute atomic E-state index is 12.4. The molecule has 0 spiro atoms. The van der Waals surface area contributed by atoms with Crippen molar-refractivity contribution in [2.75, 3.05) is 23.9 Å². The van der Waals surface area contributed by atoms with Crippen molar-refractivity contribution in [2.24, 2.45) is 0 Å². The number of anilines is 2. The third-order valence-electron chi connectivity index (χ3n) is 4.64. The highest BCUT2D eigenvalue weighted by Crippen LogP contribution is 2.36. The minimum atomic E-state index is -4.81. The van der Waals surface area contributed by atoms with Crippen molar-refractivity contribution in [3.63, 3.8) is 0 Å². The second kappa shape index (κ2) is 9.07. The quantitative estimate of drug-likeness (QED) is 0.581. The number of nitrogens with one attached hydrogen (secondary N) is 1. The molecule has 0 radical (unpaired) electrons. The molecule has 0 aliphatic carbocycles. The van der Waals surface area contributed by atoms with Gasteiger partial charge in [-0.1, -0.05) is 12.1 Å². The molecule has 0 atom stereocenters. The van der Waals surface area contributed by atoms with Crippen LogP contribution >= 0.6 is 0 Å². The molecule has 1 aliphatic rings. The maximum Gasteiger partial charge on any atom is 0.573 e. The molecule has 0 aromatic heterocycles. The van der Waals surface area contributed by atoms with E-state index in [4.69, 9.17) is 0 Å². The number of piperidine rings is 1. The van der Waals surface area contributed by atoms with Crippen molar-refractivity contribution >= 4 is 29.2 Å². The number of carbonyl (C=O) groups is 3. The van der Waals surface area contributed by atoms with Gasteiger partial charge in [0, 0.05) is 24.2 Å². The highest BCUT2D eigenvalue weighted by atomic mass is 19.4. The molecule has 0 bridgehead atoms. The summed E-state index contributed by atoms with van der Waals surface area (Å²) in [5.74, 6) is -2.52. The van der Waals surface area contributed by atoms with E-state index in [2.05, 4.69) is 14.8 Å². The van der Waals surface area contributed by atoms with Crippen LogP contribution in [0.5, 0.6) is 5.75 Å². The third kappa shape index (κ3) is 5.53. The number of alkyl halides is 3. The first-order chi connectivity index (χ1) is 14.7. The molecule has 0 saturated carbocycles. The summed E-state index contributed by atoms with van der Waals surface area (Å²) in [5, 5.41) is 2.40. The zero-order chi connectivity index (χ0) is 22.6. The molecule has 1 aliphatic heterocycles. The van der Waals surface area contributed by atoms with Gasteiger partial charge in [-0.05, 0) is 48.7 Å². The predicted molar refractivity (Wildman–Crippen MR) is 105 cm³/mol. The van der Waals surface area contributed by atoms with Crippen molar-refractivity contribution in [2.45, 2.75) is 25.6 Å². The van der Waals surface area contributed by atoms with Gasteiger partial charge < -0.3 is 19.7 Å². The van der Waals surface area contributed by atoms with Crippen LogP contribution in [-0.4, -0.2) is 37.8 Å². The Morgan fingerprint density at radius 3 is 2.39 bits per heavy atom. The molecule has 164 valence electrons. The minimum Gasteiger partial charge on any atom is -0.462 e. The zero-order valence-electron chi connectivity index (χ0n) is 16.5. The van der Waals surface area contributed by atoms with E-state index in [0.29, 0.717) is 29.8 Å². The Morgan fingerprint density at radius 1 is 1.06 bits per heavy atom.